The third-order valence-electron chi connectivity index (χ3n) is 3.55. The topological polar surface area (TPSA) is 125 Å². The Kier molecular flexibility index (Phi) is 9.34. The summed E-state index contributed by atoms with van der Waals surface area (Å²) in [7, 11) is 0. The van der Waals surface area contributed by atoms with Crippen LogP contribution < -0.4 is 14.8 Å². The Morgan fingerprint density at radius 3 is 2.24 bits per heavy atom. The molecule has 0 aliphatic carbocycles. The fraction of sp³-hybridized carbons (Fsp3) is 0.529. The average Bonchev–Trinajstić information content (AvgIpc) is 2.62. The largest absolute Gasteiger partial charge is 0.490 e. The zero-order valence-corrected chi connectivity index (χ0v) is 14.2. The number of carboxylic acid groups (broad SMARTS) is 2. The summed E-state index contributed by atoms with van der Waals surface area (Å²) < 4.78 is 11.2. The van der Waals surface area contributed by atoms with Crippen molar-refractivity contribution in [1.82, 2.24) is 5.32 Å². The molecule has 1 aliphatic heterocycles. The Bertz CT molecular complexity index is 532. The molecule has 25 heavy (non-hydrogen) atoms. The number of nitrogens with one attached hydrogen (secondary N) is 1. The van der Waals surface area contributed by atoms with E-state index in [1.54, 1.807) is 0 Å². The number of carbonyl (C=O) groups is 2. The van der Waals surface area contributed by atoms with Gasteiger partial charge in [-0.15, -0.1) is 0 Å². The van der Waals surface area contributed by atoms with Crippen LogP contribution in [0, 0.1) is 0 Å². The summed E-state index contributed by atoms with van der Waals surface area (Å²) in [5.41, 5.74) is 0. The van der Waals surface area contributed by atoms with Gasteiger partial charge in [0, 0.05) is 6.04 Å². The Balaban J connectivity index is 0.000000450. The van der Waals surface area contributed by atoms with E-state index >= 15 is 0 Å². The van der Waals surface area contributed by atoms with Gasteiger partial charge in [0.2, 0.25) is 0 Å². The molecular formula is C17H25NO7. The number of carboxylic acids is 2. The number of para-hydroxylation sites is 2. The number of hydrogen-bond acceptors (Lipinski definition) is 6. The normalized spacial score (nSPS) is 17.6. The summed E-state index contributed by atoms with van der Waals surface area (Å²) >= 11 is 0. The maximum absolute atomic E-state index is 10.1. The van der Waals surface area contributed by atoms with Gasteiger partial charge in [-0.05, 0) is 38.4 Å². The molecule has 2 rings (SSSR count). The highest BCUT2D eigenvalue weighted by molar-refractivity contribution is 6.27. The fourth-order valence-electron chi connectivity index (χ4n) is 2.34. The maximum Gasteiger partial charge on any atom is 0.414 e. The van der Waals surface area contributed by atoms with Crippen LogP contribution in [0.25, 0.3) is 0 Å². The lowest BCUT2D eigenvalue weighted by Crippen LogP contribution is -2.45. The van der Waals surface area contributed by atoms with Crippen molar-refractivity contribution in [2.75, 3.05) is 19.8 Å². The van der Waals surface area contributed by atoms with E-state index in [-0.39, 0.29) is 6.04 Å². The van der Waals surface area contributed by atoms with Gasteiger partial charge in [-0.1, -0.05) is 18.6 Å². The van der Waals surface area contributed by atoms with Gasteiger partial charge in [0.05, 0.1) is 6.61 Å². The molecule has 8 nitrogen and oxygen atoms in total. The first-order valence-electron chi connectivity index (χ1n) is 8.18. The summed E-state index contributed by atoms with van der Waals surface area (Å²) in [6.45, 7) is 3.82. The molecule has 0 amide bonds. The molecule has 1 aromatic rings. The quantitative estimate of drug-likeness (QED) is 0.560. The maximum atomic E-state index is 10.1. The summed E-state index contributed by atoms with van der Waals surface area (Å²) in [6, 6.07) is 7.71. The Labute approximate surface area is 146 Å². The number of ether oxygens (including phenoxy) is 2. The lowest BCUT2D eigenvalue weighted by atomic mass is 10.0. The van der Waals surface area contributed by atoms with Gasteiger partial charge in [0.15, 0.2) is 11.5 Å². The molecular weight excluding hydrogens is 330 g/mol. The molecule has 1 heterocycles. The van der Waals surface area contributed by atoms with Crippen molar-refractivity contribution in [1.29, 1.82) is 0 Å². The number of rotatable bonds is 6. The SMILES string of the molecule is CCOc1ccccc1OCC(O)C1CCCCN1.O=C(O)C(=O)O. The van der Waals surface area contributed by atoms with Gasteiger partial charge in [0.1, 0.15) is 12.7 Å². The van der Waals surface area contributed by atoms with Crippen molar-refractivity contribution in [3.05, 3.63) is 24.3 Å². The molecule has 1 saturated heterocycles. The van der Waals surface area contributed by atoms with Gasteiger partial charge in [-0.2, -0.15) is 0 Å². The molecule has 1 aliphatic rings. The molecule has 4 N–H and O–H groups in total. The van der Waals surface area contributed by atoms with Gasteiger partial charge in [-0.25, -0.2) is 9.59 Å². The monoisotopic (exact) mass is 355 g/mol. The van der Waals surface area contributed by atoms with Crippen LogP contribution in [0.1, 0.15) is 26.2 Å². The lowest BCUT2D eigenvalue weighted by molar-refractivity contribution is -0.159. The van der Waals surface area contributed by atoms with Crippen molar-refractivity contribution in [2.45, 2.75) is 38.3 Å². The first-order valence-corrected chi connectivity index (χ1v) is 8.18. The minimum atomic E-state index is -1.82. The molecule has 0 radical (unpaired) electrons. The highest BCUT2D eigenvalue weighted by Crippen LogP contribution is 2.26. The molecule has 0 spiro atoms. The van der Waals surface area contributed by atoms with E-state index in [2.05, 4.69) is 5.32 Å². The van der Waals surface area contributed by atoms with Crippen LogP contribution in [0.4, 0.5) is 0 Å². The molecule has 2 atom stereocenters. The average molecular weight is 355 g/mol. The second-order valence-corrected chi connectivity index (χ2v) is 5.42. The van der Waals surface area contributed by atoms with E-state index in [1.165, 1.54) is 12.8 Å². The zero-order valence-electron chi connectivity index (χ0n) is 14.2. The van der Waals surface area contributed by atoms with E-state index in [9.17, 15) is 5.11 Å². The van der Waals surface area contributed by atoms with E-state index in [4.69, 9.17) is 29.3 Å². The molecule has 0 aromatic heterocycles. The van der Waals surface area contributed by atoms with Crippen LogP contribution in [0.2, 0.25) is 0 Å². The third-order valence-corrected chi connectivity index (χ3v) is 3.55. The molecule has 140 valence electrons. The second kappa shape index (κ2) is 11.3. The smallest absolute Gasteiger partial charge is 0.414 e. The van der Waals surface area contributed by atoms with Crippen molar-refractivity contribution < 1.29 is 34.4 Å². The molecule has 2 unspecified atom stereocenters. The first kappa shape index (κ1) is 20.7. The Hall–Kier alpha value is -2.32. The second-order valence-electron chi connectivity index (χ2n) is 5.42. The number of aliphatic hydroxyl groups is 1. The van der Waals surface area contributed by atoms with E-state index < -0.39 is 18.0 Å². The predicted molar refractivity (Wildman–Crippen MR) is 90.0 cm³/mol. The van der Waals surface area contributed by atoms with Crippen molar-refractivity contribution in [3.8, 4) is 11.5 Å². The highest BCUT2D eigenvalue weighted by atomic mass is 16.5. The number of benzene rings is 1. The van der Waals surface area contributed by atoms with Crippen LogP contribution in [0.3, 0.4) is 0 Å². The summed E-state index contributed by atoms with van der Waals surface area (Å²) in [5, 5.41) is 28.2. The van der Waals surface area contributed by atoms with Crippen LogP contribution in [0.15, 0.2) is 24.3 Å². The number of aliphatic hydroxyl groups excluding tert-OH is 1. The first-order chi connectivity index (χ1) is 12.0. The minimum absolute atomic E-state index is 0.146. The third kappa shape index (κ3) is 7.86. The highest BCUT2D eigenvalue weighted by Gasteiger charge is 2.22. The van der Waals surface area contributed by atoms with Crippen LogP contribution in [0.5, 0.6) is 11.5 Å². The summed E-state index contributed by atoms with van der Waals surface area (Å²) in [4.78, 5) is 18.2. The number of piperidine rings is 1. The van der Waals surface area contributed by atoms with Gasteiger partial charge in [-0.3, -0.25) is 0 Å². The van der Waals surface area contributed by atoms with Crippen molar-refractivity contribution in [2.24, 2.45) is 0 Å². The van der Waals surface area contributed by atoms with Crippen LogP contribution in [-0.2, 0) is 9.59 Å². The predicted octanol–water partition coefficient (Wildman–Crippen LogP) is 1.12. The number of aliphatic carboxylic acids is 2. The molecule has 1 aromatic carbocycles. The molecule has 0 saturated carbocycles. The Morgan fingerprint density at radius 2 is 1.76 bits per heavy atom. The summed E-state index contributed by atoms with van der Waals surface area (Å²) in [5.74, 6) is -2.22. The van der Waals surface area contributed by atoms with Crippen molar-refractivity contribution in [3.63, 3.8) is 0 Å². The van der Waals surface area contributed by atoms with Gasteiger partial charge >= 0.3 is 11.9 Å². The van der Waals surface area contributed by atoms with E-state index in [1.807, 2.05) is 31.2 Å². The van der Waals surface area contributed by atoms with Crippen LogP contribution >= 0.6 is 0 Å². The van der Waals surface area contributed by atoms with E-state index in [0.29, 0.717) is 19.0 Å². The summed E-state index contributed by atoms with van der Waals surface area (Å²) in [6.07, 6.45) is 2.90. The van der Waals surface area contributed by atoms with Gasteiger partial charge < -0.3 is 30.1 Å². The number of hydrogen-bond donors (Lipinski definition) is 4. The van der Waals surface area contributed by atoms with E-state index in [0.717, 1.165) is 18.7 Å². The molecule has 1 fully saturated rings. The van der Waals surface area contributed by atoms with Crippen LogP contribution in [-0.4, -0.2) is 59.2 Å². The fourth-order valence-corrected chi connectivity index (χ4v) is 2.34. The zero-order chi connectivity index (χ0) is 18.7. The van der Waals surface area contributed by atoms with Crippen molar-refractivity contribution >= 4 is 11.9 Å². The molecule has 8 heteroatoms. The standard InChI is InChI=1S/C15H23NO3.C2H2O4/c1-2-18-14-8-3-4-9-15(14)19-11-13(17)12-7-5-6-10-16-12;3-1(4)2(5)6/h3-4,8-9,12-13,16-17H,2,5-7,10-11H2,1H3;(H,3,4)(H,5,6). The van der Waals surface area contributed by atoms with Gasteiger partial charge in [0.25, 0.3) is 0 Å². The molecule has 0 bridgehead atoms. The minimum Gasteiger partial charge on any atom is -0.490 e. The lowest BCUT2D eigenvalue weighted by Gasteiger charge is -2.28. The Morgan fingerprint density at radius 1 is 1.16 bits per heavy atom.